The number of nitrogens with zero attached hydrogens (tertiary/aromatic N) is 1. The minimum Gasteiger partial charge on any atom is -0.296 e. The quantitative estimate of drug-likeness (QED) is 0.561. The van der Waals surface area contributed by atoms with Crippen LogP contribution < -0.4 is 0 Å². The van der Waals surface area contributed by atoms with Gasteiger partial charge in [0.15, 0.2) is 0 Å². The lowest BCUT2D eigenvalue weighted by Crippen LogP contribution is -2.40. The van der Waals surface area contributed by atoms with Crippen LogP contribution in [0.3, 0.4) is 0 Å². The van der Waals surface area contributed by atoms with Crippen molar-refractivity contribution < 1.29 is 0 Å². The summed E-state index contributed by atoms with van der Waals surface area (Å²) in [4.78, 5) is 2.68. The molecular weight excluding hydrogens is 170 g/mol. The Balaban J connectivity index is 2.32. The van der Waals surface area contributed by atoms with Gasteiger partial charge in [0.1, 0.15) is 0 Å². The lowest BCUT2D eigenvalue weighted by molar-refractivity contribution is 0.201. The molecule has 0 aromatic heterocycles. The Labute approximate surface area is 89.2 Å². The maximum atomic E-state index is 2.68. The van der Waals surface area contributed by atoms with Crippen molar-refractivity contribution in [3.63, 3.8) is 0 Å². The Morgan fingerprint density at radius 3 is 2.07 bits per heavy atom. The lowest BCUT2D eigenvalue weighted by Gasteiger charge is -2.37. The van der Waals surface area contributed by atoms with Crippen LogP contribution in [0.4, 0.5) is 0 Å². The Bertz CT molecular complexity index is 176. The van der Waals surface area contributed by atoms with Crippen molar-refractivity contribution in [3.8, 4) is 0 Å². The van der Waals surface area contributed by atoms with Crippen molar-refractivity contribution in [2.45, 2.75) is 58.9 Å². The van der Waals surface area contributed by atoms with Crippen molar-refractivity contribution in [1.82, 2.24) is 4.90 Å². The normalized spacial score (nSPS) is 20.9. The monoisotopic (exact) mass is 195 g/mol. The summed E-state index contributed by atoms with van der Waals surface area (Å²) in [6.45, 7) is 9.43. The van der Waals surface area contributed by atoms with Gasteiger partial charge in [-0.05, 0) is 39.3 Å². The molecule has 1 atom stereocenters. The lowest BCUT2D eigenvalue weighted by atomic mass is 9.91. The molecule has 0 saturated carbocycles. The van der Waals surface area contributed by atoms with E-state index in [9.17, 15) is 0 Å². The van der Waals surface area contributed by atoms with Crippen LogP contribution in [0.15, 0.2) is 11.6 Å². The van der Waals surface area contributed by atoms with Gasteiger partial charge in [0, 0.05) is 6.04 Å². The van der Waals surface area contributed by atoms with Crippen LogP contribution in [0.25, 0.3) is 0 Å². The number of rotatable bonds is 7. The van der Waals surface area contributed by atoms with Crippen molar-refractivity contribution in [3.05, 3.63) is 11.6 Å². The number of unbranched alkanes of at least 4 members (excludes halogenated alkanes) is 2. The zero-order valence-corrected chi connectivity index (χ0v) is 10.1. The van der Waals surface area contributed by atoms with Gasteiger partial charge < -0.3 is 0 Å². The molecule has 14 heavy (non-hydrogen) atoms. The molecule has 0 heterocycles. The second kappa shape index (κ2) is 6.23. The fraction of sp³-hybridized carbons (Fsp3) is 0.846. The van der Waals surface area contributed by atoms with E-state index in [2.05, 4.69) is 31.7 Å². The molecule has 0 radical (unpaired) electrons. The summed E-state index contributed by atoms with van der Waals surface area (Å²) in [6.07, 6.45) is 9.01. The third-order valence-corrected chi connectivity index (χ3v) is 3.23. The van der Waals surface area contributed by atoms with Crippen molar-refractivity contribution >= 4 is 0 Å². The van der Waals surface area contributed by atoms with Crippen molar-refractivity contribution in [2.75, 3.05) is 13.1 Å². The molecule has 1 aliphatic rings. The van der Waals surface area contributed by atoms with Gasteiger partial charge in [-0.15, -0.1) is 0 Å². The molecule has 1 heteroatoms. The molecule has 0 aliphatic heterocycles. The summed E-state index contributed by atoms with van der Waals surface area (Å²) in [7, 11) is 0. The van der Waals surface area contributed by atoms with E-state index >= 15 is 0 Å². The van der Waals surface area contributed by atoms with Crippen LogP contribution in [0, 0.1) is 0 Å². The van der Waals surface area contributed by atoms with E-state index in [1.165, 1.54) is 45.2 Å². The maximum absolute atomic E-state index is 2.68. The van der Waals surface area contributed by atoms with Gasteiger partial charge in [0.05, 0.1) is 0 Å². The number of hydrogen-bond acceptors (Lipinski definition) is 1. The summed E-state index contributed by atoms with van der Waals surface area (Å²) >= 11 is 0. The topological polar surface area (TPSA) is 3.24 Å². The summed E-state index contributed by atoms with van der Waals surface area (Å²) in [5.41, 5.74) is 1.59. The van der Waals surface area contributed by atoms with Crippen molar-refractivity contribution in [2.24, 2.45) is 0 Å². The fourth-order valence-electron chi connectivity index (χ4n) is 2.04. The first-order valence-electron chi connectivity index (χ1n) is 6.20. The molecule has 0 spiro atoms. The molecule has 0 aromatic carbocycles. The van der Waals surface area contributed by atoms with E-state index in [0.717, 1.165) is 6.04 Å². The minimum absolute atomic E-state index is 0.785. The van der Waals surface area contributed by atoms with E-state index in [0.29, 0.717) is 0 Å². The molecule has 1 unspecified atom stereocenters. The van der Waals surface area contributed by atoms with Crippen LogP contribution in [-0.2, 0) is 0 Å². The molecule has 0 bridgehead atoms. The Hall–Kier alpha value is -0.300. The maximum Gasteiger partial charge on any atom is 0.0339 e. The first-order chi connectivity index (χ1) is 6.79. The smallest absolute Gasteiger partial charge is 0.0339 e. The third-order valence-electron chi connectivity index (χ3n) is 3.23. The Morgan fingerprint density at radius 2 is 1.79 bits per heavy atom. The Morgan fingerprint density at radius 1 is 1.21 bits per heavy atom. The molecule has 1 rings (SSSR count). The van der Waals surface area contributed by atoms with E-state index in [1.54, 1.807) is 5.57 Å². The molecule has 1 aliphatic carbocycles. The highest BCUT2D eigenvalue weighted by Crippen LogP contribution is 2.25. The first-order valence-corrected chi connectivity index (χ1v) is 6.20. The van der Waals surface area contributed by atoms with Crippen molar-refractivity contribution in [1.29, 1.82) is 0 Å². The number of hydrogen-bond donors (Lipinski definition) is 0. The van der Waals surface area contributed by atoms with Gasteiger partial charge in [0.2, 0.25) is 0 Å². The molecule has 1 nitrogen and oxygen atoms in total. The SMILES string of the molecule is CCCCN(CCCC)C1CC=C1C. The van der Waals surface area contributed by atoms with Gasteiger partial charge in [-0.1, -0.05) is 38.3 Å². The van der Waals surface area contributed by atoms with Crippen LogP contribution in [0.2, 0.25) is 0 Å². The molecule has 0 aromatic rings. The highest BCUT2D eigenvalue weighted by molar-refractivity contribution is 5.20. The Kier molecular flexibility index (Phi) is 5.24. The minimum atomic E-state index is 0.785. The average Bonchev–Trinajstić information content (AvgIpc) is 2.19. The summed E-state index contributed by atoms with van der Waals surface area (Å²) in [6, 6.07) is 0.785. The molecule has 82 valence electrons. The molecule has 0 amide bonds. The van der Waals surface area contributed by atoms with Gasteiger partial charge >= 0.3 is 0 Å². The van der Waals surface area contributed by atoms with E-state index < -0.39 is 0 Å². The summed E-state index contributed by atoms with van der Waals surface area (Å²) in [5, 5.41) is 0. The first kappa shape index (κ1) is 11.8. The molecule has 0 N–H and O–H groups in total. The summed E-state index contributed by atoms with van der Waals surface area (Å²) in [5.74, 6) is 0. The summed E-state index contributed by atoms with van der Waals surface area (Å²) < 4.78 is 0. The highest BCUT2D eigenvalue weighted by atomic mass is 15.2. The standard InChI is InChI=1S/C13H25N/c1-4-6-10-14(11-7-5-2)13-9-8-12(13)3/h8,13H,4-7,9-11H2,1-3H3. The van der Waals surface area contributed by atoms with E-state index in [4.69, 9.17) is 0 Å². The van der Waals surface area contributed by atoms with Crippen LogP contribution in [0.5, 0.6) is 0 Å². The highest BCUT2D eigenvalue weighted by Gasteiger charge is 2.23. The predicted octanol–water partition coefficient (Wildman–Crippen LogP) is 3.61. The zero-order chi connectivity index (χ0) is 10.4. The molecule has 0 fully saturated rings. The van der Waals surface area contributed by atoms with Crippen LogP contribution in [-0.4, -0.2) is 24.0 Å². The van der Waals surface area contributed by atoms with Gasteiger partial charge in [0.25, 0.3) is 0 Å². The fourth-order valence-corrected chi connectivity index (χ4v) is 2.04. The van der Waals surface area contributed by atoms with E-state index in [1.807, 2.05) is 0 Å². The van der Waals surface area contributed by atoms with E-state index in [-0.39, 0.29) is 0 Å². The van der Waals surface area contributed by atoms with Gasteiger partial charge in [-0.2, -0.15) is 0 Å². The zero-order valence-electron chi connectivity index (χ0n) is 10.1. The molecule has 0 saturated heterocycles. The van der Waals surface area contributed by atoms with Gasteiger partial charge in [-0.25, -0.2) is 0 Å². The third kappa shape index (κ3) is 3.13. The van der Waals surface area contributed by atoms with Crippen LogP contribution >= 0.6 is 0 Å². The molecular formula is C13H25N. The largest absolute Gasteiger partial charge is 0.296 e. The predicted molar refractivity (Wildman–Crippen MR) is 63.6 cm³/mol. The average molecular weight is 195 g/mol. The van der Waals surface area contributed by atoms with Gasteiger partial charge in [-0.3, -0.25) is 4.90 Å². The second-order valence-electron chi connectivity index (χ2n) is 4.44. The second-order valence-corrected chi connectivity index (χ2v) is 4.44. The van der Waals surface area contributed by atoms with Crippen LogP contribution in [0.1, 0.15) is 52.9 Å².